The van der Waals surface area contributed by atoms with E-state index in [1.54, 1.807) is 0 Å². The molecule has 2 fully saturated rings. The van der Waals surface area contributed by atoms with Gasteiger partial charge in [-0.1, -0.05) is 48.5 Å². The molecule has 2 aliphatic rings. The highest BCUT2D eigenvalue weighted by Crippen LogP contribution is 2.33. The third kappa shape index (κ3) is 4.82. The Morgan fingerprint density at radius 1 is 0.964 bits per heavy atom. The molecule has 1 atom stereocenters. The van der Waals surface area contributed by atoms with Crippen LogP contribution in [0.1, 0.15) is 38.2 Å². The Morgan fingerprint density at radius 2 is 1.57 bits per heavy atom. The number of anilines is 1. The highest BCUT2D eigenvalue weighted by atomic mass is 16.2. The summed E-state index contributed by atoms with van der Waals surface area (Å²) in [6.45, 7) is 5.36. The molecule has 0 radical (unpaired) electrons. The van der Waals surface area contributed by atoms with Gasteiger partial charge in [-0.25, -0.2) is 0 Å². The number of hydrogen-bond donors (Lipinski definition) is 0. The summed E-state index contributed by atoms with van der Waals surface area (Å²) in [6, 6.07) is 21.5. The zero-order chi connectivity index (χ0) is 19.3. The molecule has 1 aliphatic heterocycles. The summed E-state index contributed by atoms with van der Waals surface area (Å²) >= 11 is 0. The zero-order valence-electron chi connectivity index (χ0n) is 17.0. The van der Waals surface area contributed by atoms with Gasteiger partial charge in [-0.3, -0.25) is 9.69 Å². The number of benzene rings is 2. The number of rotatable bonds is 7. The van der Waals surface area contributed by atoms with Crippen LogP contribution in [0.4, 0.5) is 5.69 Å². The summed E-state index contributed by atoms with van der Waals surface area (Å²) < 4.78 is 0. The molecule has 1 heterocycles. The summed E-state index contributed by atoms with van der Waals surface area (Å²) in [5.41, 5.74) is 2.50. The third-order valence-corrected chi connectivity index (χ3v) is 6.35. The molecule has 0 N–H and O–H groups in total. The number of carbonyl (C=O) groups excluding carboxylic acids is 1. The van der Waals surface area contributed by atoms with Crippen molar-refractivity contribution in [2.24, 2.45) is 11.8 Å². The minimum Gasteiger partial charge on any atom is -0.311 e. The Labute approximate surface area is 169 Å². The maximum Gasteiger partial charge on any atom is 0.230 e. The van der Waals surface area contributed by atoms with Gasteiger partial charge in [0.05, 0.1) is 0 Å². The minimum atomic E-state index is 0.254. The van der Waals surface area contributed by atoms with Crippen LogP contribution in [0.25, 0.3) is 0 Å². The monoisotopic (exact) mass is 376 g/mol. The molecule has 0 spiro atoms. The quantitative estimate of drug-likeness (QED) is 0.695. The van der Waals surface area contributed by atoms with Crippen molar-refractivity contribution < 1.29 is 4.79 Å². The van der Waals surface area contributed by atoms with Crippen LogP contribution in [0.3, 0.4) is 0 Å². The lowest BCUT2D eigenvalue weighted by molar-refractivity contribution is -0.120. The number of likely N-dealkylation sites (tertiary alicyclic amines) is 1. The molecule has 2 aromatic carbocycles. The van der Waals surface area contributed by atoms with Crippen molar-refractivity contribution in [2.45, 2.75) is 45.1 Å². The molecular formula is C25H32N2O. The summed E-state index contributed by atoms with van der Waals surface area (Å²) in [6.07, 6.45) is 5.81. The van der Waals surface area contributed by atoms with Crippen LogP contribution >= 0.6 is 0 Å². The van der Waals surface area contributed by atoms with Crippen LogP contribution in [-0.2, 0) is 11.2 Å². The van der Waals surface area contributed by atoms with E-state index < -0.39 is 0 Å². The summed E-state index contributed by atoms with van der Waals surface area (Å²) in [4.78, 5) is 17.5. The number of amides is 1. The summed E-state index contributed by atoms with van der Waals surface area (Å²) in [5.74, 6) is 1.35. The van der Waals surface area contributed by atoms with E-state index in [-0.39, 0.29) is 5.92 Å². The predicted octanol–water partition coefficient (Wildman–Crippen LogP) is 4.77. The molecule has 0 bridgehead atoms. The fourth-order valence-corrected chi connectivity index (χ4v) is 4.41. The normalized spacial score (nSPS) is 19.3. The first-order valence-corrected chi connectivity index (χ1v) is 10.8. The average Bonchev–Trinajstić information content (AvgIpc) is 3.59. The van der Waals surface area contributed by atoms with Gasteiger partial charge in [0.2, 0.25) is 5.91 Å². The van der Waals surface area contributed by atoms with Gasteiger partial charge in [-0.15, -0.1) is 0 Å². The second-order valence-corrected chi connectivity index (χ2v) is 8.58. The lowest BCUT2D eigenvalue weighted by Gasteiger charge is -2.38. The SMILES string of the molecule is CC(CN(C(=O)C1CC1)c1ccccc1)N1CCC(Cc2ccccc2)CC1. The van der Waals surface area contributed by atoms with E-state index in [4.69, 9.17) is 0 Å². The first kappa shape index (κ1) is 19.2. The van der Waals surface area contributed by atoms with E-state index in [2.05, 4.69) is 54.3 Å². The lowest BCUT2D eigenvalue weighted by Crippen LogP contribution is -2.48. The fourth-order valence-electron chi connectivity index (χ4n) is 4.41. The van der Waals surface area contributed by atoms with Gasteiger partial charge in [-0.05, 0) is 75.7 Å². The number of nitrogens with zero attached hydrogens (tertiary/aromatic N) is 2. The van der Waals surface area contributed by atoms with Crippen LogP contribution in [0, 0.1) is 11.8 Å². The van der Waals surface area contributed by atoms with Crippen molar-refractivity contribution >= 4 is 11.6 Å². The molecule has 1 unspecified atom stereocenters. The van der Waals surface area contributed by atoms with E-state index in [0.717, 1.165) is 44.1 Å². The Hall–Kier alpha value is -2.13. The van der Waals surface area contributed by atoms with Crippen molar-refractivity contribution in [3.05, 3.63) is 66.2 Å². The van der Waals surface area contributed by atoms with Gasteiger partial charge in [-0.2, -0.15) is 0 Å². The van der Waals surface area contributed by atoms with Crippen molar-refractivity contribution in [2.75, 3.05) is 24.5 Å². The van der Waals surface area contributed by atoms with E-state index >= 15 is 0 Å². The van der Waals surface area contributed by atoms with E-state index in [1.807, 2.05) is 23.1 Å². The Balaban J connectivity index is 1.33. The predicted molar refractivity (Wildman–Crippen MR) is 115 cm³/mol. The first-order chi connectivity index (χ1) is 13.7. The van der Waals surface area contributed by atoms with Gasteiger partial charge in [0, 0.05) is 24.2 Å². The Bertz CT molecular complexity index is 749. The first-order valence-electron chi connectivity index (χ1n) is 10.8. The zero-order valence-corrected chi connectivity index (χ0v) is 17.0. The van der Waals surface area contributed by atoms with Crippen LogP contribution in [0.5, 0.6) is 0 Å². The molecule has 3 nitrogen and oxygen atoms in total. The highest BCUT2D eigenvalue weighted by Gasteiger charge is 2.35. The smallest absolute Gasteiger partial charge is 0.230 e. The van der Waals surface area contributed by atoms with Gasteiger partial charge in [0.1, 0.15) is 0 Å². The fraction of sp³-hybridized carbons (Fsp3) is 0.480. The average molecular weight is 377 g/mol. The van der Waals surface area contributed by atoms with Crippen LogP contribution in [0.15, 0.2) is 60.7 Å². The molecule has 3 heteroatoms. The lowest BCUT2D eigenvalue weighted by atomic mass is 9.89. The number of para-hydroxylation sites is 1. The molecule has 1 saturated carbocycles. The van der Waals surface area contributed by atoms with Crippen LogP contribution in [0.2, 0.25) is 0 Å². The minimum absolute atomic E-state index is 0.254. The number of carbonyl (C=O) groups is 1. The second-order valence-electron chi connectivity index (χ2n) is 8.58. The maximum atomic E-state index is 12.9. The Kier molecular flexibility index (Phi) is 6.11. The number of hydrogen-bond acceptors (Lipinski definition) is 2. The number of piperidine rings is 1. The maximum absolute atomic E-state index is 12.9. The molecule has 28 heavy (non-hydrogen) atoms. The van der Waals surface area contributed by atoms with Crippen LogP contribution in [-0.4, -0.2) is 36.5 Å². The van der Waals surface area contributed by atoms with E-state index in [0.29, 0.717) is 11.9 Å². The van der Waals surface area contributed by atoms with E-state index in [1.165, 1.54) is 24.8 Å². The molecule has 1 saturated heterocycles. The molecule has 148 valence electrons. The third-order valence-electron chi connectivity index (χ3n) is 6.35. The van der Waals surface area contributed by atoms with Crippen molar-refractivity contribution in [1.29, 1.82) is 0 Å². The van der Waals surface area contributed by atoms with Crippen LogP contribution < -0.4 is 4.90 Å². The van der Waals surface area contributed by atoms with Gasteiger partial charge >= 0.3 is 0 Å². The molecule has 1 aliphatic carbocycles. The molecule has 1 amide bonds. The van der Waals surface area contributed by atoms with E-state index in [9.17, 15) is 4.79 Å². The van der Waals surface area contributed by atoms with Gasteiger partial charge < -0.3 is 4.90 Å². The largest absolute Gasteiger partial charge is 0.311 e. The second kappa shape index (κ2) is 8.91. The highest BCUT2D eigenvalue weighted by molar-refractivity contribution is 5.96. The molecule has 0 aromatic heterocycles. The Morgan fingerprint density at radius 3 is 2.18 bits per heavy atom. The summed E-state index contributed by atoms with van der Waals surface area (Å²) in [5, 5.41) is 0. The standard InChI is InChI=1S/C25H32N2O/c1-20(19-27(25(28)23-12-13-23)24-10-6-3-7-11-24)26-16-14-22(15-17-26)18-21-8-4-2-5-9-21/h2-11,20,22-23H,12-19H2,1H3. The van der Waals surface area contributed by atoms with Crippen molar-refractivity contribution in [1.82, 2.24) is 4.90 Å². The van der Waals surface area contributed by atoms with Gasteiger partial charge in [0.25, 0.3) is 0 Å². The topological polar surface area (TPSA) is 23.6 Å². The molecule has 4 rings (SSSR count). The molecular weight excluding hydrogens is 344 g/mol. The van der Waals surface area contributed by atoms with Crippen molar-refractivity contribution in [3.63, 3.8) is 0 Å². The van der Waals surface area contributed by atoms with Gasteiger partial charge in [0.15, 0.2) is 0 Å². The van der Waals surface area contributed by atoms with Crippen molar-refractivity contribution in [3.8, 4) is 0 Å². The molecule has 2 aromatic rings. The summed E-state index contributed by atoms with van der Waals surface area (Å²) in [7, 11) is 0.